The Kier molecular flexibility index (Phi) is 9.50. The van der Waals surface area contributed by atoms with Gasteiger partial charge in [0, 0.05) is 49.5 Å². The number of carbonyl (C=O) groups is 1. The van der Waals surface area contributed by atoms with Gasteiger partial charge in [-0.05, 0) is 55.1 Å². The highest BCUT2D eigenvalue weighted by Gasteiger charge is 2.38. The van der Waals surface area contributed by atoms with E-state index >= 15 is 0 Å². The zero-order chi connectivity index (χ0) is 22.1. The molecule has 0 aromatic heterocycles. The summed E-state index contributed by atoms with van der Waals surface area (Å²) in [6.07, 6.45) is 4.35. The molecule has 0 radical (unpaired) electrons. The van der Waals surface area contributed by atoms with Gasteiger partial charge in [-0.2, -0.15) is 18.4 Å². The predicted molar refractivity (Wildman–Crippen MR) is 114 cm³/mol. The van der Waals surface area contributed by atoms with Gasteiger partial charge in [-0.3, -0.25) is 4.79 Å². The maximum Gasteiger partial charge on any atom is 0.442 e. The van der Waals surface area contributed by atoms with Gasteiger partial charge in [-0.15, -0.1) is 0 Å². The topological polar surface area (TPSA) is 47.3 Å². The van der Waals surface area contributed by atoms with Crippen molar-refractivity contribution in [2.24, 2.45) is 0 Å². The Bertz CT molecular complexity index is 706. The number of carbonyl (C=O) groups excluding carboxylic acids is 1. The lowest BCUT2D eigenvalue weighted by atomic mass is 10.0. The average Bonchev–Trinajstić information content (AvgIpc) is 3.58. The molecular formula is C22H30F3N3OS. The minimum Gasteiger partial charge on any atom is -0.333 e. The molecule has 1 aromatic carbocycles. The molecule has 30 heavy (non-hydrogen) atoms. The van der Waals surface area contributed by atoms with Crippen molar-refractivity contribution in [3.8, 4) is 6.07 Å². The highest BCUT2D eigenvalue weighted by molar-refractivity contribution is 7.99. The maximum absolute atomic E-state index is 13.1. The number of thioether (sulfide) groups is 1. The number of piperidine rings is 1. The Morgan fingerprint density at radius 1 is 1.13 bits per heavy atom. The molecule has 1 heterocycles. The van der Waals surface area contributed by atoms with Gasteiger partial charge in [0.2, 0.25) is 0 Å². The molecule has 1 aromatic rings. The number of halogens is 3. The molecule has 8 heteroatoms. The van der Waals surface area contributed by atoms with E-state index in [1.54, 1.807) is 24.3 Å². The number of likely N-dealkylation sites (tertiary alicyclic amines) is 1. The molecule has 0 bridgehead atoms. The third kappa shape index (κ3) is 7.51. The van der Waals surface area contributed by atoms with Crippen molar-refractivity contribution in [2.75, 3.05) is 19.6 Å². The summed E-state index contributed by atoms with van der Waals surface area (Å²) in [7, 11) is 0. The largest absolute Gasteiger partial charge is 0.442 e. The highest BCUT2D eigenvalue weighted by atomic mass is 32.2. The van der Waals surface area contributed by atoms with Crippen LogP contribution in [-0.2, 0) is 5.75 Å². The molecule has 1 saturated carbocycles. The predicted octanol–water partition coefficient (Wildman–Crippen LogP) is 5.45. The van der Waals surface area contributed by atoms with Crippen LogP contribution in [0.1, 0.15) is 61.9 Å². The van der Waals surface area contributed by atoms with Crippen molar-refractivity contribution >= 4 is 17.7 Å². The molecule has 1 saturated heterocycles. The SMILES string of the molecule is CC.N#CCCN1CCC(N(C(=O)c2ccc(CSC(F)(F)F)cc2)C2CC2)CC1. The second-order valence-corrected chi connectivity index (χ2v) is 8.40. The minimum absolute atomic E-state index is 0.0204. The van der Waals surface area contributed by atoms with Crippen molar-refractivity contribution in [3.05, 3.63) is 35.4 Å². The first-order chi connectivity index (χ1) is 14.4. The molecule has 0 N–H and O–H groups in total. The summed E-state index contributed by atoms with van der Waals surface area (Å²) in [5.74, 6) is -0.168. The molecule has 2 fully saturated rings. The van der Waals surface area contributed by atoms with E-state index in [2.05, 4.69) is 11.0 Å². The highest BCUT2D eigenvalue weighted by Crippen LogP contribution is 2.34. The van der Waals surface area contributed by atoms with Gasteiger partial charge >= 0.3 is 5.51 Å². The number of nitriles is 1. The fourth-order valence-electron chi connectivity index (χ4n) is 3.67. The van der Waals surface area contributed by atoms with Crippen molar-refractivity contribution in [3.63, 3.8) is 0 Å². The molecule has 1 amide bonds. The number of benzene rings is 1. The molecule has 0 spiro atoms. The monoisotopic (exact) mass is 441 g/mol. The summed E-state index contributed by atoms with van der Waals surface area (Å²) in [5, 5.41) is 8.72. The third-order valence-electron chi connectivity index (χ3n) is 5.27. The van der Waals surface area contributed by atoms with Gasteiger partial charge in [0.1, 0.15) is 0 Å². The van der Waals surface area contributed by atoms with Crippen LogP contribution in [0.3, 0.4) is 0 Å². The number of hydrogen-bond donors (Lipinski definition) is 0. The van der Waals surface area contributed by atoms with E-state index in [0.29, 0.717) is 17.5 Å². The second kappa shape index (κ2) is 11.6. The van der Waals surface area contributed by atoms with E-state index < -0.39 is 5.51 Å². The van der Waals surface area contributed by atoms with Crippen molar-refractivity contribution in [2.45, 2.75) is 69.3 Å². The van der Waals surface area contributed by atoms with Crippen LogP contribution < -0.4 is 0 Å². The number of amides is 1. The molecule has 3 rings (SSSR count). The van der Waals surface area contributed by atoms with Crippen LogP contribution in [0.5, 0.6) is 0 Å². The first kappa shape index (κ1) is 24.5. The van der Waals surface area contributed by atoms with E-state index in [0.717, 1.165) is 45.3 Å². The maximum atomic E-state index is 13.1. The number of nitrogens with zero attached hydrogens (tertiary/aromatic N) is 3. The quantitative estimate of drug-likeness (QED) is 0.565. The minimum atomic E-state index is -4.25. The van der Waals surface area contributed by atoms with E-state index in [9.17, 15) is 18.0 Å². The van der Waals surface area contributed by atoms with Crippen LogP contribution in [0.4, 0.5) is 13.2 Å². The fraction of sp³-hybridized carbons (Fsp3) is 0.636. The average molecular weight is 442 g/mol. The summed E-state index contributed by atoms with van der Waals surface area (Å²) in [6, 6.07) is 9.16. The lowest BCUT2D eigenvalue weighted by Gasteiger charge is -2.38. The summed E-state index contributed by atoms with van der Waals surface area (Å²) >= 11 is -0.0695. The molecular weight excluding hydrogens is 411 g/mol. The Labute approximate surface area is 181 Å². The standard InChI is InChI=1S/C20H24F3N3OS.C2H6/c21-20(22,23)28-14-15-2-4-16(5-3-15)19(27)26(17-6-7-17)18-8-12-25(13-9-18)11-1-10-24;1-2/h2-5,17-18H,1,6-9,11-14H2;1-2H3. The molecule has 4 nitrogen and oxygen atoms in total. The number of rotatable bonds is 7. The normalized spacial score (nSPS) is 17.6. The van der Waals surface area contributed by atoms with Gasteiger partial charge in [0.25, 0.3) is 5.91 Å². The van der Waals surface area contributed by atoms with E-state index in [4.69, 9.17) is 5.26 Å². The van der Waals surface area contributed by atoms with E-state index in [1.165, 1.54) is 0 Å². The zero-order valence-electron chi connectivity index (χ0n) is 17.6. The Morgan fingerprint density at radius 2 is 1.70 bits per heavy atom. The van der Waals surface area contributed by atoms with Gasteiger partial charge < -0.3 is 9.80 Å². The van der Waals surface area contributed by atoms with Crippen molar-refractivity contribution in [1.82, 2.24) is 9.80 Å². The summed E-state index contributed by atoms with van der Waals surface area (Å²) < 4.78 is 37.0. The first-order valence-corrected chi connectivity index (χ1v) is 11.6. The van der Waals surface area contributed by atoms with Crippen LogP contribution in [-0.4, -0.2) is 52.9 Å². The van der Waals surface area contributed by atoms with E-state index in [1.807, 2.05) is 18.7 Å². The van der Waals surface area contributed by atoms with E-state index in [-0.39, 0.29) is 35.5 Å². The lowest BCUT2D eigenvalue weighted by Crippen LogP contribution is -2.48. The molecule has 166 valence electrons. The molecule has 1 aliphatic heterocycles. The number of hydrogen-bond acceptors (Lipinski definition) is 4. The van der Waals surface area contributed by atoms with Crippen LogP contribution in [0, 0.1) is 11.3 Å². The van der Waals surface area contributed by atoms with Crippen LogP contribution >= 0.6 is 11.8 Å². The smallest absolute Gasteiger partial charge is 0.333 e. The first-order valence-electron chi connectivity index (χ1n) is 10.6. The zero-order valence-corrected chi connectivity index (χ0v) is 18.4. The summed E-state index contributed by atoms with van der Waals surface area (Å²) in [6.45, 7) is 6.55. The van der Waals surface area contributed by atoms with Crippen molar-refractivity contribution in [1.29, 1.82) is 5.26 Å². The van der Waals surface area contributed by atoms with Gasteiger partial charge in [0.15, 0.2) is 0 Å². The van der Waals surface area contributed by atoms with Crippen LogP contribution in [0.25, 0.3) is 0 Å². The fourth-order valence-corrected chi connectivity index (χ4v) is 4.19. The molecule has 0 unspecified atom stereocenters. The Balaban J connectivity index is 0.00000155. The molecule has 1 aliphatic carbocycles. The third-order valence-corrected chi connectivity index (χ3v) is 6.07. The van der Waals surface area contributed by atoms with Crippen LogP contribution in [0.2, 0.25) is 0 Å². The second-order valence-electron chi connectivity index (χ2n) is 7.36. The Hall–Kier alpha value is -1.72. The lowest BCUT2D eigenvalue weighted by molar-refractivity contribution is -0.0329. The summed E-state index contributed by atoms with van der Waals surface area (Å²) in [5.41, 5.74) is -3.15. The molecule has 2 aliphatic rings. The van der Waals surface area contributed by atoms with Crippen LogP contribution in [0.15, 0.2) is 24.3 Å². The van der Waals surface area contributed by atoms with Gasteiger partial charge in [-0.1, -0.05) is 26.0 Å². The Morgan fingerprint density at radius 3 is 2.20 bits per heavy atom. The van der Waals surface area contributed by atoms with Gasteiger partial charge in [0.05, 0.1) is 6.07 Å². The number of alkyl halides is 3. The van der Waals surface area contributed by atoms with Gasteiger partial charge in [-0.25, -0.2) is 0 Å². The summed E-state index contributed by atoms with van der Waals surface area (Å²) in [4.78, 5) is 17.4. The molecule has 0 atom stereocenters. The van der Waals surface area contributed by atoms with Crippen molar-refractivity contribution < 1.29 is 18.0 Å².